The second kappa shape index (κ2) is 7.68. The van der Waals surface area contributed by atoms with E-state index in [1.165, 1.54) is 6.42 Å². The van der Waals surface area contributed by atoms with E-state index in [-0.39, 0.29) is 24.1 Å². The van der Waals surface area contributed by atoms with Gasteiger partial charge in [-0.25, -0.2) is 0 Å². The Labute approximate surface area is 118 Å². The molecule has 18 heavy (non-hydrogen) atoms. The first-order valence-corrected chi connectivity index (χ1v) is 6.80. The quantitative estimate of drug-likeness (QED) is 0.859. The lowest BCUT2D eigenvalue weighted by Crippen LogP contribution is -2.44. The van der Waals surface area contributed by atoms with Crippen LogP contribution in [0.3, 0.4) is 0 Å². The first-order chi connectivity index (χ1) is 7.76. The van der Waals surface area contributed by atoms with Gasteiger partial charge in [-0.15, -0.1) is 12.4 Å². The molecular weight excluding hydrogens is 250 g/mol. The molecule has 1 N–H and O–H groups in total. The highest BCUT2D eigenvalue weighted by Gasteiger charge is 2.24. The van der Waals surface area contributed by atoms with Crippen LogP contribution in [0.5, 0.6) is 0 Å². The van der Waals surface area contributed by atoms with E-state index in [1.54, 1.807) is 0 Å². The topological polar surface area (TPSA) is 32.7 Å². The smallest absolute Gasteiger partial charge is 0.0900 e. The number of aliphatic hydroxyl groups excluding tert-OH is 1. The molecule has 4 heteroatoms. The van der Waals surface area contributed by atoms with Crippen LogP contribution >= 0.6 is 12.4 Å². The number of β-amino-alcohol motifs (C(OH)–C–C–N with tert-alkyl or cyclic N) is 1. The van der Waals surface area contributed by atoms with Crippen LogP contribution in [0.2, 0.25) is 0 Å². The SMILES string of the molecule is CC1CC(C)CN(CC(O)COC(C)(C)C)C1.Cl. The zero-order valence-electron chi connectivity index (χ0n) is 12.5. The van der Waals surface area contributed by atoms with Crippen molar-refractivity contribution in [3.05, 3.63) is 0 Å². The minimum absolute atomic E-state index is 0. The molecule has 1 aliphatic heterocycles. The zero-order valence-corrected chi connectivity index (χ0v) is 13.3. The summed E-state index contributed by atoms with van der Waals surface area (Å²) >= 11 is 0. The van der Waals surface area contributed by atoms with E-state index >= 15 is 0 Å². The van der Waals surface area contributed by atoms with Crippen LogP contribution in [0.1, 0.15) is 41.0 Å². The maximum Gasteiger partial charge on any atom is 0.0900 e. The lowest BCUT2D eigenvalue weighted by Gasteiger charge is -2.36. The third-order valence-electron chi connectivity index (χ3n) is 3.12. The average molecular weight is 280 g/mol. The van der Waals surface area contributed by atoms with Gasteiger partial charge in [-0.3, -0.25) is 0 Å². The number of likely N-dealkylation sites (tertiary alicyclic amines) is 1. The summed E-state index contributed by atoms with van der Waals surface area (Å²) in [7, 11) is 0. The Bertz CT molecular complexity index is 220. The summed E-state index contributed by atoms with van der Waals surface area (Å²) in [5.41, 5.74) is -0.163. The van der Waals surface area contributed by atoms with Crippen LogP contribution < -0.4 is 0 Å². The molecule has 0 aromatic carbocycles. The van der Waals surface area contributed by atoms with E-state index in [9.17, 15) is 5.11 Å². The Morgan fingerprint density at radius 2 is 1.72 bits per heavy atom. The first kappa shape index (κ1) is 18.2. The van der Waals surface area contributed by atoms with E-state index in [4.69, 9.17) is 4.74 Å². The highest BCUT2D eigenvalue weighted by atomic mass is 35.5. The molecule has 3 atom stereocenters. The Morgan fingerprint density at radius 3 is 2.17 bits per heavy atom. The van der Waals surface area contributed by atoms with Gasteiger partial charge in [0.15, 0.2) is 0 Å². The molecule has 0 saturated carbocycles. The van der Waals surface area contributed by atoms with Gasteiger partial charge in [0.25, 0.3) is 0 Å². The number of halogens is 1. The van der Waals surface area contributed by atoms with Gasteiger partial charge in [0.2, 0.25) is 0 Å². The Balaban J connectivity index is 0.00000289. The van der Waals surface area contributed by atoms with E-state index in [1.807, 2.05) is 20.8 Å². The minimum atomic E-state index is -0.369. The molecule has 0 bridgehead atoms. The Morgan fingerprint density at radius 1 is 1.22 bits per heavy atom. The van der Waals surface area contributed by atoms with Crippen LogP contribution in [0.25, 0.3) is 0 Å². The number of hydrogen-bond acceptors (Lipinski definition) is 3. The maximum absolute atomic E-state index is 9.97. The molecule has 1 heterocycles. The molecule has 0 spiro atoms. The lowest BCUT2D eigenvalue weighted by atomic mass is 9.92. The van der Waals surface area contributed by atoms with Gasteiger partial charge in [-0.1, -0.05) is 13.8 Å². The van der Waals surface area contributed by atoms with Crippen LogP contribution in [0.4, 0.5) is 0 Å². The van der Waals surface area contributed by atoms with Crippen molar-refractivity contribution in [1.82, 2.24) is 4.90 Å². The van der Waals surface area contributed by atoms with Gasteiger partial charge in [0.05, 0.1) is 18.3 Å². The van der Waals surface area contributed by atoms with Crippen LogP contribution in [-0.2, 0) is 4.74 Å². The number of nitrogens with zero attached hydrogens (tertiary/aromatic N) is 1. The van der Waals surface area contributed by atoms with Crippen LogP contribution in [0.15, 0.2) is 0 Å². The summed E-state index contributed by atoms with van der Waals surface area (Å²) in [6.07, 6.45) is 0.942. The maximum atomic E-state index is 9.97. The van der Waals surface area contributed by atoms with Crippen molar-refractivity contribution in [3.63, 3.8) is 0 Å². The lowest BCUT2D eigenvalue weighted by molar-refractivity contribution is -0.0596. The summed E-state index contributed by atoms with van der Waals surface area (Å²) in [6, 6.07) is 0. The number of hydrogen-bond donors (Lipinski definition) is 1. The number of ether oxygens (including phenoxy) is 1. The largest absolute Gasteiger partial charge is 0.389 e. The van der Waals surface area contributed by atoms with Crippen molar-refractivity contribution >= 4 is 12.4 Å². The summed E-state index contributed by atoms with van der Waals surface area (Å²) in [6.45, 7) is 14.0. The summed E-state index contributed by atoms with van der Waals surface area (Å²) in [5, 5.41) is 9.97. The molecule has 0 aliphatic carbocycles. The molecule has 0 aromatic heterocycles. The van der Waals surface area contributed by atoms with Gasteiger partial charge in [-0.05, 0) is 39.0 Å². The fourth-order valence-electron chi connectivity index (χ4n) is 2.64. The van der Waals surface area contributed by atoms with Crippen molar-refractivity contribution < 1.29 is 9.84 Å². The first-order valence-electron chi connectivity index (χ1n) is 6.80. The van der Waals surface area contributed by atoms with Gasteiger partial charge >= 0.3 is 0 Å². The molecule has 0 aromatic rings. The fraction of sp³-hybridized carbons (Fsp3) is 1.00. The van der Waals surface area contributed by atoms with Crippen molar-refractivity contribution in [2.45, 2.75) is 52.7 Å². The third-order valence-corrected chi connectivity index (χ3v) is 3.12. The molecule has 1 fully saturated rings. The van der Waals surface area contributed by atoms with Crippen molar-refractivity contribution in [2.75, 3.05) is 26.2 Å². The Hall–Kier alpha value is 0.170. The molecule has 3 unspecified atom stereocenters. The highest BCUT2D eigenvalue weighted by molar-refractivity contribution is 5.85. The zero-order chi connectivity index (χ0) is 13.1. The molecule has 3 nitrogen and oxygen atoms in total. The number of piperidine rings is 1. The van der Waals surface area contributed by atoms with E-state index in [0.29, 0.717) is 6.61 Å². The van der Waals surface area contributed by atoms with Crippen LogP contribution in [0, 0.1) is 11.8 Å². The molecule has 1 rings (SSSR count). The van der Waals surface area contributed by atoms with Crippen molar-refractivity contribution in [1.29, 1.82) is 0 Å². The fourth-order valence-corrected chi connectivity index (χ4v) is 2.64. The summed E-state index contributed by atoms with van der Waals surface area (Å²) < 4.78 is 5.61. The average Bonchev–Trinajstić information content (AvgIpc) is 2.11. The highest BCUT2D eigenvalue weighted by Crippen LogP contribution is 2.21. The van der Waals surface area contributed by atoms with Crippen molar-refractivity contribution in [3.8, 4) is 0 Å². The normalized spacial score (nSPS) is 27.7. The van der Waals surface area contributed by atoms with E-state index in [2.05, 4.69) is 18.7 Å². The van der Waals surface area contributed by atoms with Crippen LogP contribution in [-0.4, -0.2) is 48.0 Å². The summed E-state index contributed by atoms with van der Waals surface area (Å²) in [5.74, 6) is 1.49. The minimum Gasteiger partial charge on any atom is -0.389 e. The molecule has 0 radical (unpaired) electrons. The predicted octanol–water partition coefficient (Wildman–Crippen LogP) is 2.56. The Kier molecular flexibility index (Phi) is 7.76. The molecule has 1 aliphatic rings. The monoisotopic (exact) mass is 279 g/mol. The summed E-state index contributed by atoms with van der Waals surface area (Å²) in [4.78, 5) is 2.37. The molecule has 110 valence electrons. The standard InChI is InChI=1S/C14H29NO2.ClH/c1-11-6-12(2)8-15(7-11)9-13(16)10-17-14(3,4)5;/h11-13,16H,6-10H2,1-5H3;1H. The van der Waals surface area contributed by atoms with Gasteiger partial charge in [-0.2, -0.15) is 0 Å². The van der Waals surface area contributed by atoms with Crippen molar-refractivity contribution in [2.24, 2.45) is 11.8 Å². The van der Waals surface area contributed by atoms with Gasteiger partial charge < -0.3 is 14.7 Å². The second-order valence-electron chi connectivity index (χ2n) is 6.74. The molecule has 0 amide bonds. The third kappa shape index (κ3) is 7.57. The molecule has 1 saturated heterocycles. The molecular formula is C14H30ClNO2. The van der Waals surface area contributed by atoms with E-state index < -0.39 is 0 Å². The van der Waals surface area contributed by atoms with Gasteiger partial charge in [0, 0.05) is 19.6 Å². The predicted molar refractivity (Wildman–Crippen MR) is 78.3 cm³/mol. The second-order valence-corrected chi connectivity index (χ2v) is 6.74. The number of aliphatic hydroxyl groups is 1. The van der Waals surface area contributed by atoms with Gasteiger partial charge in [0.1, 0.15) is 0 Å². The van der Waals surface area contributed by atoms with E-state index in [0.717, 1.165) is 31.5 Å². The number of rotatable bonds is 4.